The number of ether oxygens (including phenoxy) is 2. The minimum Gasteiger partial charge on any atom is -0.465 e. The fraction of sp³-hybridized carbons (Fsp3) is 0.429. The van der Waals surface area contributed by atoms with Crippen LogP contribution in [0.15, 0.2) is 35.9 Å². The first-order valence-corrected chi connectivity index (χ1v) is 8.76. The maximum atomic E-state index is 12.0. The van der Waals surface area contributed by atoms with Gasteiger partial charge in [-0.25, -0.2) is 9.59 Å². The van der Waals surface area contributed by atoms with E-state index in [1.165, 1.54) is 7.11 Å². The number of esters is 1. The Bertz CT molecular complexity index is 754. The lowest BCUT2D eigenvalue weighted by molar-refractivity contribution is 0.0531. The van der Waals surface area contributed by atoms with Crippen molar-refractivity contribution in [3.63, 3.8) is 0 Å². The van der Waals surface area contributed by atoms with Gasteiger partial charge in [0.2, 0.25) is 0 Å². The van der Waals surface area contributed by atoms with Gasteiger partial charge in [-0.15, -0.1) is 0 Å². The SMILES string of the molecule is COC(=O)c1cc(C2=C(CNC(=O)OC(C)(C)C)CCC=C2)ccc1C. The Hall–Kier alpha value is -2.56. The summed E-state index contributed by atoms with van der Waals surface area (Å²) in [5, 5.41) is 2.82. The molecule has 140 valence electrons. The van der Waals surface area contributed by atoms with E-state index in [-0.39, 0.29) is 5.97 Å². The summed E-state index contributed by atoms with van der Waals surface area (Å²) < 4.78 is 10.2. The summed E-state index contributed by atoms with van der Waals surface area (Å²) in [6.45, 7) is 7.80. The fourth-order valence-corrected chi connectivity index (χ4v) is 2.81. The summed E-state index contributed by atoms with van der Waals surface area (Å²) in [4.78, 5) is 23.9. The number of carbonyl (C=O) groups is 2. The second kappa shape index (κ2) is 8.21. The Kier molecular flexibility index (Phi) is 6.24. The summed E-state index contributed by atoms with van der Waals surface area (Å²) in [5.74, 6) is -0.349. The van der Waals surface area contributed by atoms with Crippen LogP contribution in [0.25, 0.3) is 5.57 Å². The largest absolute Gasteiger partial charge is 0.465 e. The number of allylic oxidation sites excluding steroid dienone is 3. The average Bonchev–Trinajstić information content (AvgIpc) is 2.58. The highest BCUT2D eigenvalue weighted by atomic mass is 16.6. The predicted octanol–water partition coefficient (Wildman–Crippen LogP) is 4.41. The highest BCUT2D eigenvalue weighted by Gasteiger charge is 2.18. The van der Waals surface area contributed by atoms with E-state index in [2.05, 4.69) is 11.4 Å². The third kappa shape index (κ3) is 5.22. The van der Waals surface area contributed by atoms with Gasteiger partial charge in [0, 0.05) is 6.54 Å². The molecule has 2 rings (SSSR count). The van der Waals surface area contributed by atoms with Crippen LogP contribution in [-0.4, -0.2) is 31.3 Å². The molecule has 1 aliphatic rings. The number of rotatable bonds is 4. The molecule has 0 heterocycles. The number of nitrogens with one attached hydrogen (secondary N) is 1. The topological polar surface area (TPSA) is 64.6 Å². The van der Waals surface area contributed by atoms with Crippen molar-refractivity contribution < 1.29 is 19.1 Å². The zero-order chi connectivity index (χ0) is 19.3. The molecular weight excluding hydrogens is 330 g/mol. The Morgan fingerprint density at radius 1 is 1.23 bits per heavy atom. The van der Waals surface area contributed by atoms with Gasteiger partial charge in [0.1, 0.15) is 5.60 Å². The molecule has 0 saturated heterocycles. The quantitative estimate of drug-likeness (QED) is 0.811. The molecular formula is C21H27NO4. The molecule has 1 aromatic carbocycles. The van der Waals surface area contributed by atoms with E-state index in [9.17, 15) is 9.59 Å². The van der Waals surface area contributed by atoms with Gasteiger partial charge in [-0.2, -0.15) is 0 Å². The Morgan fingerprint density at radius 2 is 1.96 bits per heavy atom. The van der Waals surface area contributed by atoms with E-state index < -0.39 is 11.7 Å². The van der Waals surface area contributed by atoms with Crippen LogP contribution in [0.2, 0.25) is 0 Å². The highest BCUT2D eigenvalue weighted by molar-refractivity contribution is 5.93. The summed E-state index contributed by atoms with van der Waals surface area (Å²) in [6.07, 6.45) is 5.48. The molecule has 0 aliphatic heterocycles. The first kappa shape index (κ1) is 19.8. The number of hydrogen-bond acceptors (Lipinski definition) is 4. The van der Waals surface area contributed by atoms with E-state index >= 15 is 0 Å². The van der Waals surface area contributed by atoms with Crippen molar-refractivity contribution >= 4 is 17.6 Å². The molecule has 0 aromatic heterocycles. The molecule has 0 fully saturated rings. The molecule has 1 aliphatic carbocycles. The number of carbonyl (C=O) groups excluding carboxylic acids is 2. The predicted molar refractivity (Wildman–Crippen MR) is 102 cm³/mol. The van der Waals surface area contributed by atoms with Crippen LogP contribution in [-0.2, 0) is 9.47 Å². The van der Waals surface area contributed by atoms with Crippen LogP contribution >= 0.6 is 0 Å². The molecule has 0 saturated carbocycles. The molecule has 1 amide bonds. The van der Waals surface area contributed by atoms with Crippen molar-refractivity contribution in [3.05, 3.63) is 52.6 Å². The normalized spacial score (nSPS) is 14.2. The number of aryl methyl sites for hydroxylation is 1. The van der Waals surface area contributed by atoms with Crippen molar-refractivity contribution in [1.82, 2.24) is 5.32 Å². The maximum Gasteiger partial charge on any atom is 0.407 e. The molecule has 5 nitrogen and oxygen atoms in total. The summed E-state index contributed by atoms with van der Waals surface area (Å²) in [6, 6.07) is 5.75. The minimum atomic E-state index is -0.528. The lowest BCUT2D eigenvalue weighted by Gasteiger charge is -2.21. The van der Waals surface area contributed by atoms with Crippen LogP contribution in [0.1, 0.15) is 55.1 Å². The second-order valence-electron chi connectivity index (χ2n) is 7.34. The molecule has 0 unspecified atom stereocenters. The van der Waals surface area contributed by atoms with Crippen molar-refractivity contribution in [3.8, 4) is 0 Å². The average molecular weight is 357 g/mol. The fourth-order valence-electron chi connectivity index (χ4n) is 2.81. The van der Waals surface area contributed by atoms with Crippen LogP contribution in [0, 0.1) is 6.92 Å². The van der Waals surface area contributed by atoms with Gasteiger partial charge in [0.25, 0.3) is 0 Å². The zero-order valence-corrected chi connectivity index (χ0v) is 16.1. The number of hydrogen-bond donors (Lipinski definition) is 1. The first-order valence-electron chi connectivity index (χ1n) is 8.76. The van der Waals surface area contributed by atoms with E-state index in [1.807, 2.05) is 52.0 Å². The van der Waals surface area contributed by atoms with Gasteiger partial charge >= 0.3 is 12.1 Å². The standard InChI is InChI=1S/C21H27NO4/c1-14-10-11-15(12-18(14)19(23)25-5)17-9-7-6-8-16(17)13-22-20(24)26-21(2,3)4/h7,9-12H,6,8,13H2,1-5H3,(H,22,24). The van der Waals surface area contributed by atoms with Gasteiger partial charge in [-0.3, -0.25) is 0 Å². The van der Waals surface area contributed by atoms with Gasteiger partial charge < -0.3 is 14.8 Å². The molecule has 0 spiro atoms. The Labute approximate surface area is 155 Å². The first-order chi connectivity index (χ1) is 12.2. The third-order valence-electron chi connectivity index (χ3n) is 4.08. The van der Waals surface area contributed by atoms with E-state index in [0.29, 0.717) is 12.1 Å². The third-order valence-corrected chi connectivity index (χ3v) is 4.08. The van der Waals surface area contributed by atoms with Gasteiger partial charge in [0.15, 0.2) is 0 Å². The van der Waals surface area contributed by atoms with Crippen LogP contribution in [0.4, 0.5) is 4.79 Å². The van der Waals surface area contributed by atoms with E-state index in [1.54, 1.807) is 0 Å². The van der Waals surface area contributed by atoms with Crippen LogP contribution in [0.5, 0.6) is 0 Å². The minimum absolute atomic E-state index is 0.349. The number of benzene rings is 1. The lowest BCUT2D eigenvalue weighted by Crippen LogP contribution is -2.33. The monoisotopic (exact) mass is 357 g/mol. The molecule has 1 N–H and O–H groups in total. The van der Waals surface area contributed by atoms with E-state index in [4.69, 9.17) is 9.47 Å². The second-order valence-corrected chi connectivity index (χ2v) is 7.34. The summed E-state index contributed by atoms with van der Waals surface area (Å²) in [5.41, 5.74) is 3.97. The van der Waals surface area contributed by atoms with Crippen molar-refractivity contribution in [1.29, 1.82) is 0 Å². The zero-order valence-electron chi connectivity index (χ0n) is 16.1. The lowest BCUT2D eigenvalue weighted by atomic mass is 9.90. The molecule has 26 heavy (non-hydrogen) atoms. The van der Waals surface area contributed by atoms with E-state index in [0.717, 1.165) is 35.1 Å². The summed E-state index contributed by atoms with van der Waals surface area (Å²) in [7, 11) is 1.38. The van der Waals surface area contributed by atoms with Crippen LogP contribution < -0.4 is 5.32 Å². The van der Waals surface area contributed by atoms with Gasteiger partial charge in [-0.1, -0.05) is 24.3 Å². The highest BCUT2D eigenvalue weighted by Crippen LogP contribution is 2.29. The molecule has 0 radical (unpaired) electrons. The van der Waals surface area contributed by atoms with Crippen molar-refractivity contribution in [2.75, 3.05) is 13.7 Å². The Morgan fingerprint density at radius 3 is 2.62 bits per heavy atom. The molecule has 0 atom stereocenters. The molecule has 5 heteroatoms. The Balaban J connectivity index is 2.25. The van der Waals surface area contributed by atoms with Gasteiger partial charge in [0.05, 0.1) is 12.7 Å². The molecule has 0 bridgehead atoms. The number of amides is 1. The summed E-state index contributed by atoms with van der Waals surface area (Å²) >= 11 is 0. The van der Waals surface area contributed by atoms with Crippen molar-refractivity contribution in [2.24, 2.45) is 0 Å². The maximum absolute atomic E-state index is 12.0. The van der Waals surface area contributed by atoms with Crippen molar-refractivity contribution in [2.45, 2.75) is 46.1 Å². The van der Waals surface area contributed by atoms with Crippen LogP contribution in [0.3, 0.4) is 0 Å². The molecule has 1 aromatic rings. The smallest absolute Gasteiger partial charge is 0.407 e. The number of alkyl carbamates (subject to hydrolysis) is 1. The van der Waals surface area contributed by atoms with Gasteiger partial charge in [-0.05, 0) is 68.9 Å². The number of methoxy groups -OCH3 is 1.